The Hall–Kier alpha value is -2.12. The van der Waals surface area contributed by atoms with Crippen molar-refractivity contribution < 1.29 is 13.2 Å². The number of anilines is 1. The van der Waals surface area contributed by atoms with Gasteiger partial charge in [-0.2, -0.15) is 23.3 Å². The summed E-state index contributed by atoms with van der Waals surface area (Å²) in [5, 5.41) is 6.73. The van der Waals surface area contributed by atoms with Gasteiger partial charge in [-0.05, 0) is 12.0 Å². The molecule has 0 saturated heterocycles. The minimum Gasteiger partial charge on any atom is -0.357 e. The Labute approximate surface area is 113 Å². The summed E-state index contributed by atoms with van der Waals surface area (Å²) in [5.74, 6) is 0.156. The number of halogens is 3. The maximum Gasteiger partial charge on any atom is 0.433 e. The van der Waals surface area contributed by atoms with Crippen LogP contribution in [0.5, 0.6) is 0 Å². The highest BCUT2D eigenvalue weighted by Gasteiger charge is 2.34. The third-order valence-corrected chi connectivity index (χ3v) is 2.66. The highest BCUT2D eigenvalue weighted by Crippen LogP contribution is 2.29. The van der Waals surface area contributed by atoms with Gasteiger partial charge in [0.15, 0.2) is 11.5 Å². The molecule has 2 aromatic rings. The van der Waals surface area contributed by atoms with Crippen LogP contribution in [0.15, 0.2) is 18.3 Å². The van der Waals surface area contributed by atoms with E-state index in [4.69, 9.17) is 0 Å². The lowest BCUT2D eigenvalue weighted by atomic mass is 10.1. The molecular formula is C12H14F3N5. The summed E-state index contributed by atoms with van der Waals surface area (Å²) < 4.78 is 39.7. The molecule has 108 valence electrons. The number of nitrogens with zero attached hydrogens (tertiary/aromatic N) is 4. The molecular weight excluding hydrogens is 271 g/mol. The van der Waals surface area contributed by atoms with E-state index < -0.39 is 11.9 Å². The largest absolute Gasteiger partial charge is 0.433 e. The zero-order chi connectivity index (χ0) is 14.9. The highest BCUT2D eigenvalue weighted by atomic mass is 19.4. The molecule has 1 N–H and O–H groups in total. The van der Waals surface area contributed by atoms with Crippen LogP contribution in [0.25, 0.3) is 5.82 Å². The number of hydrogen-bond acceptors (Lipinski definition) is 4. The van der Waals surface area contributed by atoms with Crippen LogP contribution in [0.3, 0.4) is 0 Å². The van der Waals surface area contributed by atoms with Crippen molar-refractivity contribution in [2.45, 2.75) is 25.9 Å². The topological polar surface area (TPSA) is 55.6 Å². The Morgan fingerprint density at radius 1 is 1.25 bits per heavy atom. The van der Waals surface area contributed by atoms with Crippen molar-refractivity contribution in [2.75, 3.05) is 12.4 Å². The van der Waals surface area contributed by atoms with Gasteiger partial charge in [0, 0.05) is 19.3 Å². The summed E-state index contributed by atoms with van der Waals surface area (Å²) in [4.78, 5) is 7.39. The van der Waals surface area contributed by atoms with E-state index in [1.807, 2.05) is 13.8 Å². The molecule has 2 aromatic heterocycles. The summed E-state index contributed by atoms with van der Waals surface area (Å²) in [6.45, 7) is 3.90. The highest BCUT2D eigenvalue weighted by molar-refractivity contribution is 5.35. The molecule has 0 fully saturated rings. The van der Waals surface area contributed by atoms with Crippen molar-refractivity contribution in [3.8, 4) is 5.82 Å². The fourth-order valence-corrected chi connectivity index (χ4v) is 1.58. The summed E-state index contributed by atoms with van der Waals surface area (Å²) in [6.07, 6.45) is -2.95. The van der Waals surface area contributed by atoms with Crippen LogP contribution in [-0.2, 0) is 6.18 Å². The monoisotopic (exact) mass is 285 g/mol. The molecule has 0 unspecified atom stereocenters. The minimum absolute atomic E-state index is 0.0728. The van der Waals surface area contributed by atoms with E-state index in [0.29, 0.717) is 0 Å². The minimum atomic E-state index is -4.53. The van der Waals surface area contributed by atoms with Crippen LogP contribution in [0.1, 0.15) is 31.2 Å². The van der Waals surface area contributed by atoms with Crippen LogP contribution < -0.4 is 5.32 Å². The second kappa shape index (κ2) is 5.10. The average molecular weight is 285 g/mol. The first-order valence-corrected chi connectivity index (χ1v) is 6.01. The number of rotatable bonds is 3. The number of aromatic nitrogens is 4. The lowest BCUT2D eigenvalue weighted by Gasteiger charge is -2.10. The van der Waals surface area contributed by atoms with E-state index in [-0.39, 0.29) is 17.7 Å². The van der Waals surface area contributed by atoms with Crippen LogP contribution in [-0.4, -0.2) is 26.8 Å². The number of hydrogen-bond donors (Lipinski definition) is 1. The van der Waals surface area contributed by atoms with Crippen molar-refractivity contribution in [1.82, 2.24) is 19.7 Å². The molecule has 0 saturated carbocycles. The van der Waals surface area contributed by atoms with Gasteiger partial charge in [-0.1, -0.05) is 13.8 Å². The van der Waals surface area contributed by atoms with Gasteiger partial charge in [0.2, 0.25) is 5.95 Å². The zero-order valence-corrected chi connectivity index (χ0v) is 11.2. The molecule has 20 heavy (non-hydrogen) atoms. The molecule has 0 aliphatic rings. The van der Waals surface area contributed by atoms with Gasteiger partial charge in [-0.15, -0.1) is 0 Å². The second-order valence-electron chi connectivity index (χ2n) is 4.52. The van der Waals surface area contributed by atoms with E-state index in [2.05, 4.69) is 20.4 Å². The SMILES string of the molecule is CNc1nc(-n2ccc(C(C)C)n2)cc(C(F)(F)F)n1. The molecule has 0 amide bonds. The van der Waals surface area contributed by atoms with Crippen LogP contribution in [0.4, 0.5) is 19.1 Å². The fraction of sp³-hybridized carbons (Fsp3) is 0.417. The quantitative estimate of drug-likeness (QED) is 0.942. The van der Waals surface area contributed by atoms with E-state index in [9.17, 15) is 13.2 Å². The predicted octanol–water partition coefficient (Wildman–Crippen LogP) is 2.85. The third-order valence-electron chi connectivity index (χ3n) is 2.66. The standard InChI is InChI=1S/C12H14F3N5/c1-7(2)8-4-5-20(19-8)10-6-9(12(13,14)15)17-11(16-3)18-10/h4-7H,1-3H3,(H,16,17,18). The maximum absolute atomic E-state index is 12.8. The molecule has 0 aliphatic heterocycles. The van der Waals surface area contributed by atoms with Crippen LogP contribution >= 0.6 is 0 Å². The molecule has 2 rings (SSSR count). The van der Waals surface area contributed by atoms with E-state index >= 15 is 0 Å². The Balaban J connectivity index is 2.49. The Kier molecular flexibility index (Phi) is 3.65. The van der Waals surface area contributed by atoms with Gasteiger partial charge in [-0.25, -0.2) is 9.67 Å². The van der Waals surface area contributed by atoms with Crippen LogP contribution in [0.2, 0.25) is 0 Å². The summed E-state index contributed by atoms with van der Waals surface area (Å²) in [6, 6.07) is 2.62. The number of alkyl halides is 3. The molecule has 0 aromatic carbocycles. The van der Waals surface area contributed by atoms with Gasteiger partial charge >= 0.3 is 6.18 Å². The van der Waals surface area contributed by atoms with Crippen LogP contribution in [0, 0.1) is 0 Å². The average Bonchev–Trinajstić information content (AvgIpc) is 2.87. The van der Waals surface area contributed by atoms with E-state index in [0.717, 1.165) is 11.8 Å². The Morgan fingerprint density at radius 3 is 2.45 bits per heavy atom. The predicted molar refractivity (Wildman–Crippen MR) is 67.8 cm³/mol. The lowest BCUT2D eigenvalue weighted by molar-refractivity contribution is -0.141. The van der Waals surface area contributed by atoms with Gasteiger partial charge < -0.3 is 5.32 Å². The maximum atomic E-state index is 12.8. The first kappa shape index (κ1) is 14.3. The Bertz CT molecular complexity index is 603. The first-order valence-electron chi connectivity index (χ1n) is 6.01. The normalized spacial score (nSPS) is 11.9. The molecule has 0 spiro atoms. The fourth-order valence-electron chi connectivity index (χ4n) is 1.58. The molecule has 0 atom stereocenters. The Morgan fingerprint density at radius 2 is 1.95 bits per heavy atom. The van der Waals surface area contributed by atoms with Crippen molar-refractivity contribution in [3.63, 3.8) is 0 Å². The van der Waals surface area contributed by atoms with E-state index in [1.165, 1.54) is 11.7 Å². The van der Waals surface area contributed by atoms with Gasteiger partial charge in [-0.3, -0.25) is 0 Å². The van der Waals surface area contributed by atoms with Crippen molar-refractivity contribution in [1.29, 1.82) is 0 Å². The molecule has 8 heteroatoms. The zero-order valence-electron chi connectivity index (χ0n) is 11.2. The molecule has 0 aliphatic carbocycles. The molecule has 0 bridgehead atoms. The third kappa shape index (κ3) is 2.89. The van der Waals surface area contributed by atoms with Crippen molar-refractivity contribution in [3.05, 3.63) is 29.7 Å². The van der Waals surface area contributed by atoms with E-state index in [1.54, 1.807) is 12.3 Å². The molecule has 2 heterocycles. The summed E-state index contributed by atoms with van der Waals surface area (Å²) in [7, 11) is 1.46. The van der Waals surface area contributed by atoms with Crippen molar-refractivity contribution in [2.24, 2.45) is 0 Å². The molecule has 5 nitrogen and oxygen atoms in total. The first-order chi connectivity index (χ1) is 9.31. The summed E-state index contributed by atoms with van der Waals surface area (Å²) >= 11 is 0. The lowest BCUT2D eigenvalue weighted by Crippen LogP contribution is -2.13. The summed E-state index contributed by atoms with van der Waals surface area (Å²) in [5.41, 5.74) is -0.225. The van der Waals surface area contributed by atoms with Gasteiger partial charge in [0.05, 0.1) is 5.69 Å². The molecule has 0 radical (unpaired) electrons. The smallest absolute Gasteiger partial charge is 0.357 e. The second-order valence-corrected chi connectivity index (χ2v) is 4.52. The van der Waals surface area contributed by atoms with Gasteiger partial charge in [0.25, 0.3) is 0 Å². The van der Waals surface area contributed by atoms with Gasteiger partial charge in [0.1, 0.15) is 0 Å². The number of nitrogens with one attached hydrogen (secondary N) is 1. The van der Waals surface area contributed by atoms with Crippen molar-refractivity contribution >= 4 is 5.95 Å².